The molecule has 3 nitrogen and oxygen atoms in total. The minimum Gasteiger partial charge on any atom is -0.481 e. The molecule has 1 aromatic rings. The molecule has 0 amide bonds. The van der Waals surface area contributed by atoms with Crippen LogP contribution in [0.1, 0.15) is 63.9 Å². The van der Waals surface area contributed by atoms with E-state index in [0.717, 1.165) is 31.2 Å². The number of carbonyl (C=O) groups is 1. The molecular formula is C18H26O3. The van der Waals surface area contributed by atoms with Crippen molar-refractivity contribution in [2.75, 3.05) is 0 Å². The van der Waals surface area contributed by atoms with E-state index in [-0.39, 0.29) is 0 Å². The van der Waals surface area contributed by atoms with E-state index in [1.165, 1.54) is 6.42 Å². The van der Waals surface area contributed by atoms with Crippen LogP contribution in [0.4, 0.5) is 0 Å². The van der Waals surface area contributed by atoms with Crippen molar-refractivity contribution in [1.29, 1.82) is 0 Å². The lowest BCUT2D eigenvalue weighted by Crippen LogP contribution is -2.39. The van der Waals surface area contributed by atoms with Gasteiger partial charge in [-0.15, -0.1) is 0 Å². The number of hydrogen-bond acceptors (Lipinski definition) is 2. The van der Waals surface area contributed by atoms with Crippen LogP contribution in [0, 0.1) is 5.41 Å². The Morgan fingerprint density at radius 1 is 1.10 bits per heavy atom. The summed E-state index contributed by atoms with van der Waals surface area (Å²) < 4.78 is 0. The molecule has 0 aliphatic heterocycles. The van der Waals surface area contributed by atoms with Gasteiger partial charge in [0.15, 0.2) is 0 Å². The number of carboxylic acids is 1. The Hall–Kier alpha value is -1.35. The van der Waals surface area contributed by atoms with Gasteiger partial charge < -0.3 is 10.2 Å². The number of rotatable bonds is 4. The lowest BCUT2D eigenvalue weighted by Gasteiger charge is -2.37. The summed E-state index contributed by atoms with van der Waals surface area (Å²) in [5.74, 6) is -0.749. The minimum atomic E-state index is -1.10. The van der Waals surface area contributed by atoms with Crippen molar-refractivity contribution >= 4 is 5.97 Å². The van der Waals surface area contributed by atoms with Gasteiger partial charge in [0.1, 0.15) is 0 Å². The molecular weight excluding hydrogens is 264 g/mol. The van der Waals surface area contributed by atoms with Crippen LogP contribution in [0.15, 0.2) is 30.3 Å². The van der Waals surface area contributed by atoms with Crippen LogP contribution >= 0.6 is 0 Å². The zero-order valence-electron chi connectivity index (χ0n) is 12.8. The molecule has 0 aromatic heterocycles. The van der Waals surface area contributed by atoms with Crippen LogP contribution in [-0.2, 0) is 10.4 Å². The standard InChI is InChI=1S/C18H26O3/c1-17(21,15-10-6-5-7-11-15)14-18(16(19)20)12-8-3-2-4-9-13-18/h5-7,10-11,21H,2-4,8-9,12-14H2,1H3,(H,19,20). The van der Waals surface area contributed by atoms with Gasteiger partial charge in [0.25, 0.3) is 0 Å². The third-order valence-corrected chi connectivity index (χ3v) is 4.84. The molecule has 3 heteroatoms. The highest BCUT2D eigenvalue weighted by Gasteiger charge is 2.44. The first-order valence-electron chi connectivity index (χ1n) is 7.98. The Morgan fingerprint density at radius 3 is 2.14 bits per heavy atom. The van der Waals surface area contributed by atoms with Gasteiger partial charge in [-0.3, -0.25) is 4.79 Å². The van der Waals surface area contributed by atoms with Crippen molar-refractivity contribution in [3.8, 4) is 0 Å². The maximum Gasteiger partial charge on any atom is 0.309 e. The van der Waals surface area contributed by atoms with Crippen molar-refractivity contribution in [1.82, 2.24) is 0 Å². The summed E-state index contributed by atoms with van der Waals surface area (Å²) in [6.45, 7) is 1.74. The van der Waals surface area contributed by atoms with Crippen LogP contribution in [0.3, 0.4) is 0 Å². The summed E-state index contributed by atoms with van der Waals surface area (Å²) in [4.78, 5) is 11.9. The molecule has 1 aliphatic carbocycles. The maximum atomic E-state index is 11.9. The summed E-state index contributed by atoms with van der Waals surface area (Å²) in [5, 5.41) is 20.7. The molecule has 0 heterocycles. The van der Waals surface area contributed by atoms with Crippen molar-refractivity contribution < 1.29 is 15.0 Å². The molecule has 0 radical (unpaired) electrons. The van der Waals surface area contributed by atoms with Gasteiger partial charge >= 0.3 is 5.97 Å². The summed E-state index contributed by atoms with van der Waals surface area (Å²) in [7, 11) is 0. The van der Waals surface area contributed by atoms with E-state index in [9.17, 15) is 15.0 Å². The van der Waals surface area contributed by atoms with E-state index in [2.05, 4.69) is 0 Å². The summed E-state index contributed by atoms with van der Waals surface area (Å²) in [6.07, 6.45) is 6.92. The monoisotopic (exact) mass is 290 g/mol. The molecule has 1 fully saturated rings. The SMILES string of the molecule is CC(O)(CC1(C(=O)O)CCCCCCC1)c1ccccc1. The van der Waals surface area contributed by atoms with Gasteiger partial charge in [0.2, 0.25) is 0 Å². The second-order valence-electron chi connectivity index (χ2n) is 6.67. The molecule has 1 atom stereocenters. The average molecular weight is 290 g/mol. The zero-order chi connectivity index (χ0) is 15.3. The van der Waals surface area contributed by atoms with Crippen molar-refractivity contribution in [3.63, 3.8) is 0 Å². The van der Waals surface area contributed by atoms with E-state index in [1.807, 2.05) is 30.3 Å². The summed E-state index contributed by atoms with van der Waals surface area (Å²) >= 11 is 0. The van der Waals surface area contributed by atoms with Crippen molar-refractivity contribution in [3.05, 3.63) is 35.9 Å². The van der Waals surface area contributed by atoms with Gasteiger partial charge in [-0.05, 0) is 31.7 Å². The first-order valence-corrected chi connectivity index (χ1v) is 7.98. The quantitative estimate of drug-likeness (QED) is 0.877. The fourth-order valence-corrected chi connectivity index (χ4v) is 3.61. The Morgan fingerprint density at radius 2 is 1.62 bits per heavy atom. The predicted octanol–water partition coefficient (Wildman–Crippen LogP) is 4.10. The highest BCUT2D eigenvalue weighted by atomic mass is 16.4. The maximum absolute atomic E-state index is 11.9. The lowest BCUT2D eigenvalue weighted by molar-refractivity contribution is -0.155. The highest BCUT2D eigenvalue weighted by Crippen LogP contribution is 2.44. The number of aliphatic carboxylic acids is 1. The lowest BCUT2D eigenvalue weighted by atomic mass is 9.68. The van der Waals surface area contributed by atoms with E-state index in [0.29, 0.717) is 19.3 Å². The number of hydrogen-bond donors (Lipinski definition) is 2. The van der Waals surface area contributed by atoms with Crippen LogP contribution in [-0.4, -0.2) is 16.2 Å². The molecule has 116 valence electrons. The summed E-state index contributed by atoms with van der Waals surface area (Å²) in [6, 6.07) is 9.42. The second kappa shape index (κ2) is 6.61. The minimum absolute atomic E-state index is 0.291. The fourth-order valence-electron chi connectivity index (χ4n) is 3.61. The molecule has 1 unspecified atom stereocenters. The summed E-state index contributed by atoms with van der Waals surface area (Å²) in [5.41, 5.74) is -1.09. The highest BCUT2D eigenvalue weighted by molar-refractivity contribution is 5.74. The third kappa shape index (κ3) is 3.85. The van der Waals surface area contributed by atoms with Crippen molar-refractivity contribution in [2.24, 2.45) is 5.41 Å². The topological polar surface area (TPSA) is 57.5 Å². The third-order valence-electron chi connectivity index (χ3n) is 4.84. The van der Waals surface area contributed by atoms with Gasteiger partial charge in [-0.25, -0.2) is 0 Å². The van der Waals surface area contributed by atoms with E-state index >= 15 is 0 Å². The average Bonchev–Trinajstić information content (AvgIpc) is 2.42. The molecule has 21 heavy (non-hydrogen) atoms. The molecule has 0 saturated heterocycles. The smallest absolute Gasteiger partial charge is 0.309 e. The van der Waals surface area contributed by atoms with Gasteiger partial charge in [0, 0.05) is 0 Å². The predicted molar refractivity (Wildman–Crippen MR) is 83.0 cm³/mol. The molecule has 2 rings (SSSR count). The van der Waals surface area contributed by atoms with Crippen LogP contribution < -0.4 is 0 Å². The fraction of sp³-hybridized carbons (Fsp3) is 0.611. The van der Waals surface area contributed by atoms with E-state index in [4.69, 9.17) is 0 Å². The normalized spacial score (nSPS) is 21.8. The number of benzene rings is 1. The molecule has 1 saturated carbocycles. The van der Waals surface area contributed by atoms with Gasteiger partial charge in [0.05, 0.1) is 11.0 Å². The molecule has 0 bridgehead atoms. The van der Waals surface area contributed by atoms with Gasteiger partial charge in [-0.2, -0.15) is 0 Å². The van der Waals surface area contributed by atoms with Crippen molar-refractivity contribution in [2.45, 2.75) is 63.9 Å². The first kappa shape index (κ1) is 16.0. The first-order chi connectivity index (χ1) is 9.96. The largest absolute Gasteiger partial charge is 0.481 e. The Balaban J connectivity index is 2.24. The van der Waals surface area contributed by atoms with E-state index in [1.54, 1.807) is 6.92 Å². The van der Waals surface area contributed by atoms with E-state index < -0.39 is 17.0 Å². The zero-order valence-corrected chi connectivity index (χ0v) is 12.8. The van der Waals surface area contributed by atoms with Crippen LogP contribution in [0.5, 0.6) is 0 Å². The van der Waals surface area contributed by atoms with Gasteiger partial charge in [-0.1, -0.05) is 62.4 Å². The molecule has 2 N–H and O–H groups in total. The Labute approximate surface area is 127 Å². The van der Waals surface area contributed by atoms with Crippen LogP contribution in [0.2, 0.25) is 0 Å². The Kier molecular flexibility index (Phi) is 5.04. The molecule has 1 aliphatic rings. The molecule has 1 aromatic carbocycles. The second-order valence-corrected chi connectivity index (χ2v) is 6.67. The van der Waals surface area contributed by atoms with Crippen LogP contribution in [0.25, 0.3) is 0 Å². The Bertz CT molecular complexity index is 457. The molecule has 0 spiro atoms. The number of aliphatic hydroxyl groups is 1. The number of carboxylic acid groups (broad SMARTS) is 1.